The van der Waals surface area contributed by atoms with Crippen LogP contribution in [-0.2, 0) is 0 Å². The third-order valence-corrected chi connectivity index (χ3v) is 1.89. The molecular formula is C10H11ClFN. The number of nitrogens with one attached hydrogen (secondary N) is 1. The molecule has 0 saturated carbocycles. The van der Waals surface area contributed by atoms with Crippen LogP contribution in [-0.4, -0.2) is 13.6 Å². The Hall–Kier alpha value is -0.860. The van der Waals surface area contributed by atoms with Crippen molar-refractivity contribution >= 4 is 17.7 Å². The quantitative estimate of drug-likeness (QED) is 0.790. The number of rotatable bonds is 3. The highest BCUT2D eigenvalue weighted by Gasteiger charge is 2.01. The van der Waals surface area contributed by atoms with Crippen molar-refractivity contribution in [2.45, 2.75) is 0 Å². The highest BCUT2D eigenvalue weighted by atomic mass is 35.5. The summed E-state index contributed by atoms with van der Waals surface area (Å²) in [5, 5.41) is 3.09. The van der Waals surface area contributed by atoms with Gasteiger partial charge in [-0.15, -0.1) is 0 Å². The Morgan fingerprint density at radius 1 is 1.54 bits per heavy atom. The van der Waals surface area contributed by atoms with Gasteiger partial charge in [-0.05, 0) is 13.1 Å². The minimum Gasteiger partial charge on any atom is -0.316 e. The molecule has 0 spiro atoms. The third-order valence-electron chi connectivity index (χ3n) is 1.60. The van der Waals surface area contributed by atoms with Crippen LogP contribution in [0.15, 0.2) is 24.3 Å². The van der Waals surface area contributed by atoms with E-state index in [1.807, 2.05) is 13.1 Å². The van der Waals surface area contributed by atoms with Gasteiger partial charge >= 0.3 is 0 Å². The minimum absolute atomic E-state index is 0.159. The Labute approximate surface area is 82.2 Å². The molecule has 1 rings (SSSR count). The monoisotopic (exact) mass is 199 g/mol. The minimum atomic E-state index is -0.364. The first kappa shape index (κ1) is 10.2. The molecule has 0 radical (unpaired) electrons. The molecule has 0 aromatic heterocycles. The standard InChI is InChI=1S/C10H11ClFN/c1-13-7-3-5-8-4-2-6-9(11)10(8)12/h2-6,13H,7H2,1H3/b5-3+. The smallest absolute Gasteiger partial charge is 0.148 e. The van der Waals surface area contributed by atoms with Crippen LogP contribution in [0.1, 0.15) is 5.56 Å². The summed E-state index contributed by atoms with van der Waals surface area (Å²) >= 11 is 5.60. The van der Waals surface area contributed by atoms with E-state index in [0.29, 0.717) is 12.1 Å². The Morgan fingerprint density at radius 2 is 2.31 bits per heavy atom. The van der Waals surface area contributed by atoms with Crippen LogP contribution >= 0.6 is 11.6 Å². The van der Waals surface area contributed by atoms with E-state index >= 15 is 0 Å². The van der Waals surface area contributed by atoms with Gasteiger partial charge in [0, 0.05) is 12.1 Å². The van der Waals surface area contributed by atoms with E-state index in [2.05, 4.69) is 5.32 Å². The summed E-state index contributed by atoms with van der Waals surface area (Å²) in [6, 6.07) is 4.95. The van der Waals surface area contributed by atoms with Crippen molar-refractivity contribution in [3.05, 3.63) is 40.7 Å². The second-order valence-electron chi connectivity index (χ2n) is 2.60. The summed E-state index contributed by atoms with van der Waals surface area (Å²) in [6.45, 7) is 0.714. The van der Waals surface area contributed by atoms with Gasteiger partial charge in [-0.25, -0.2) is 4.39 Å². The van der Waals surface area contributed by atoms with Crippen molar-refractivity contribution in [3.63, 3.8) is 0 Å². The van der Waals surface area contributed by atoms with E-state index in [4.69, 9.17) is 11.6 Å². The van der Waals surface area contributed by atoms with E-state index < -0.39 is 0 Å². The fraction of sp³-hybridized carbons (Fsp3) is 0.200. The molecule has 3 heteroatoms. The first-order valence-corrected chi connectivity index (χ1v) is 4.38. The molecule has 1 aromatic carbocycles. The summed E-state index contributed by atoms with van der Waals surface area (Å²) in [5.41, 5.74) is 0.516. The molecule has 0 heterocycles. The van der Waals surface area contributed by atoms with Gasteiger partial charge in [0.1, 0.15) is 5.82 Å². The van der Waals surface area contributed by atoms with Crippen LogP contribution in [0.3, 0.4) is 0 Å². The van der Waals surface area contributed by atoms with E-state index in [1.54, 1.807) is 18.2 Å². The molecule has 0 atom stereocenters. The molecular weight excluding hydrogens is 189 g/mol. The normalized spacial score (nSPS) is 11.0. The SMILES string of the molecule is CNC/C=C/c1cccc(Cl)c1F. The van der Waals surface area contributed by atoms with Crippen molar-refractivity contribution in [1.29, 1.82) is 0 Å². The Bertz CT molecular complexity index is 310. The second-order valence-corrected chi connectivity index (χ2v) is 3.01. The van der Waals surface area contributed by atoms with Crippen molar-refractivity contribution < 1.29 is 4.39 Å². The number of halogens is 2. The molecule has 70 valence electrons. The van der Waals surface area contributed by atoms with Crippen LogP contribution in [0.2, 0.25) is 5.02 Å². The highest BCUT2D eigenvalue weighted by Crippen LogP contribution is 2.18. The van der Waals surface area contributed by atoms with Gasteiger partial charge in [-0.3, -0.25) is 0 Å². The zero-order chi connectivity index (χ0) is 9.68. The van der Waals surface area contributed by atoms with Crippen molar-refractivity contribution in [2.75, 3.05) is 13.6 Å². The van der Waals surface area contributed by atoms with Gasteiger partial charge in [-0.2, -0.15) is 0 Å². The van der Waals surface area contributed by atoms with Gasteiger partial charge in [-0.1, -0.05) is 35.9 Å². The van der Waals surface area contributed by atoms with Gasteiger partial charge in [0.2, 0.25) is 0 Å². The lowest BCUT2D eigenvalue weighted by molar-refractivity contribution is 0.625. The predicted molar refractivity (Wildman–Crippen MR) is 54.4 cm³/mol. The summed E-state index contributed by atoms with van der Waals surface area (Å²) in [4.78, 5) is 0. The first-order valence-electron chi connectivity index (χ1n) is 4.01. The van der Waals surface area contributed by atoms with Gasteiger partial charge in [0.05, 0.1) is 5.02 Å². The summed E-state index contributed by atoms with van der Waals surface area (Å²) < 4.78 is 13.2. The summed E-state index contributed by atoms with van der Waals surface area (Å²) in [5.74, 6) is -0.364. The highest BCUT2D eigenvalue weighted by molar-refractivity contribution is 6.30. The summed E-state index contributed by atoms with van der Waals surface area (Å²) in [7, 11) is 1.83. The van der Waals surface area contributed by atoms with E-state index in [0.717, 1.165) is 0 Å². The van der Waals surface area contributed by atoms with E-state index in [-0.39, 0.29) is 10.8 Å². The fourth-order valence-electron chi connectivity index (χ4n) is 0.953. The number of likely N-dealkylation sites (N-methyl/N-ethyl adjacent to an activating group) is 1. The first-order chi connectivity index (χ1) is 6.25. The topological polar surface area (TPSA) is 12.0 Å². The molecule has 0 aliphatic rings. The largest absolute Gasteiger partial charge is 0.316 e. The lowest BCUT2D eigenvalue weighted by Crippen LogP contribution is -2.03. The van der Waals surface area contributed by atoms with Crippen molar-refractivity contribution in [2.24, 2.45) is 0 Å². The van der Waals surface area contributed by atoms with Crippen molar-refractivity contribution in [1.82, 2.24) is 5.32 Å². The zero-order valence-corrected chi connectivity index (χ0v) is 8.11. The zero-order valence-electron chi connectivity index (χ0n) is 7.35. The molecule has 1 aromatic rings. The van der Waals surface area contributed by atoms with Gasteiger partial charge < -0.3 is 5.32 Å². The molecule has 1 N–H and O–H groups in total. The van der Waals surface area contributed by atoms with E-state index in [1.165, 1.54) is 6.07 Å². The maximum Gasteiger partial charge on any atom is 0.148 e. The maximum atomic E-state index is 13.2. The van der Waals surface area contributed by atoms with Gasteiger partial charge in [0.15, 0.2) is 0 Å². The molecule has 0 saturated heterocycles. The van der Waals surface area contributed by atoms with Gasteiger partial charge in [0.25, 0.3) is 0 Å². The third kappa shape index (κ3) is 2.83. The van der Waals surface area contributed by atoms with Crippen LogP contribution in [0.5, 0.6) is 0 Å². The van der Waals surface area contributed by atoms with Crippen LogP contribution in [0.4, 0.5) is 4.39 Å². The molecule has 1 nitrogen and oxygen atoms in total. The molecule has 13 heavy (non-hydrogen) atoms. The lowest BCUT2D eigenvalue weighted by Gasteiger charge is -1.98. The second kappa shape index (κ2) is 5.00. The number of benzene rings is 1. The molecule has 0 aliphatic heterocycles. The maximum absolute atomic E-state index is 13.2. The molecule has 0 unspecified atom stereocenters. The Morgan fingerprint density at radius 3 is 3.00 bits per heavy atom. The molecule has 0 fully saturated rings. The van der Waals surface area contributed by atoms with Crippen LogP contribution < -0.4 is 5.32 Å². The summed E-state index contributed by atoms with van der Waals surface area (Å²) in [6.07, 6.45) is 3.55. The lowest BCUT2D eigenvalue weighted by atomic mass is 10.2. The van der Waals surface area contributed by atoms with Crippen LogP contribution in [0.25, 0.3) is 6.08 Å². The average Bonchev–Trinajstić information content (AvgIpc) is 2.13. The molecule has 0 bridgehead atoms. The molecule has 0 aliphatic carbocycles. The van der Waals surface area contributed by atoms with Crippen molar-refractivity contribution in [3.8, 4) is 0 Å². The predicted octanol–water partition coefficient (Wildman–Crippen LogP) is 2.71. The Balaban J connectivity index is 2.83. The molecule has 0 amide bonds. The average molecular weight is 200 g/mol. The van der Waals surface area contributed by atoms with Crippen LogP contribution in [0, 0.1) is 5.82 Å². The number of hydrogen-bond acceptors (Lipinski definition) is 1. The fourth-order valence-corrected chi connectivity index (χ4v) is 1.13. The Kier molecular flexibility index (Phi) is 3.93. The number of hydrogen-bond donors (Lipinski definition) is 1. The van der Waals surface area contributed by atoms with E-state index in [9.17, 15) is 4.39 Å².